The van der Waals surface area contributed by atoms with E-state index in [0.29, 0.717) is 5.69 Å². The van der Waals surface area contributed by atoms with Crippen LogP contribution in [-0.4, -0.2) is 22.0 Å². The third-order valence-electron chi connectivity index (χ3n) is 2.50. The highest BCUT2D eigenvalue weighted by molar-refractivity contribution is 7.17. The second kappa shape index (κ2) is 5.09. The number of amides is 1. The normalized spacial score (nSPS) is 11.3. The van der Waals surface area contributed by atoms with E-state index in [9.17, 15) is 14.7 Å². The number of nitrogens with zero attached hydrogens (tertiary/aromatic N) is 1. The van der Waals surface area contributed by atoms with E-state index in [1.807, 2.05) is 20.8 Å². The van der Waals surface area contributed by atoms with Gasteiger partial charge in [-0.1, -0.05) is 32.1 Å². The van der Waals surface area contributed by atoms with Crippen LogP contribution in [0.15, 0.2) is 22.8 Å². The van der Waals surface area contributed by atoms with E-state index in [2.05, 4.69) is 10.3 Å². The summed E-state index contributed by atoms with van der Waals surface area (Å²) >= 11 is 0.936. The van der Waals surface area contributed by atoms with Gasteiger partial charge in [0.1, 0.15) is 4.88 Å². The highest BCUT2D eigenvalue weighted by Gasteiger charge is 2.27. The Labute approximate surface area is 119 Å². The predicted molar refractivity (Wildman–Crippen MR) is 74.4 cm³/mol. The largest absolute Gasteiger partial charge is 0.477 e. The molecule has 0 radical (unpaired) electrons. The molecule has 0 fully saturated rings. The minimum atomic E-state index is -1.05. The van der Waals surface area contributed by atoms with Gasteiger partial charge < -0.3 is 9.52 Å². The number of carboxylic acids is 1. The van der Waals surface area contributed by atoms with Crippen LogP contribution in [-0.2, 0) is 5.41 Å². The van der Waals surface area contributed by atoms with Gasteiger partial charge in [0.15, 0.2) is 10.9 Å². The van der Waals surface area contributed by atoms with Crippen molar-refractivity contribution in [1.29, 1.82) is 0 Å². The van der Waals surface area contributed by atoms with Gasteiger partial charge in [-0.3, -0.25) is 10.1 Å². The van der Waals surface area contributed by atoms with Crippen molar-refractivity contribution in [1.82, 2.24) is 4.98 Å². The zero-order valence-electron chi connectivity index (χ0n) is 11.3. The molecule has 7 heteroatoms. The van der Waals surface area contributed by atoms with Gasteiger partial charge in [0.25, 0.3) is 5.91 Å². The Morgan fingerprint density at radius 1 is 1.40 bits per heavy atom. The van der Waals surface area contributed by atoms with Crippen LogP contribution in [0.3, 0.4) is 0 Å². The number of carbonyl (C=O) groups is 2. The molecular formula is C13H14N2O4S. The molecule has 6 nitrogen and oxygen atoms in total. The number of carbonyl (C=O) groups excluding carboxylic acids is 1. The first kappa shape index (κ1) is 14.3. The van der Waals surface area contributed by atoms with E-state index in [4.69, 9.17) is 4.42 Å². The molecule has 0 saturated heterocycles. The first-order valence-corrected chi connectivity index (χ1v) is 6.70. The van der Waals surface area contributed by atoms with Gasteiger partial charge in [0.2, 0.25) is 0 Å². The molecular weight excluding hydrogens is 280 g/mol. The quantitative estimate of drug-likeness (QED) is 0.907. The summed E-state index contributed by atoms with van der Waals surface area (Å²) in [4.78, 5) is 27.4. The summed E-state index contributed by atoms with van der Waals surface area (Å²) in [5.41, 5.74) is 0.0301. The first-order chi connectivity index (χ1) is 9.29. The Morgan fingerprint density at radius 3 is 2.55 bits per heavy atom. The summed E-state index contributed by atoms with van der Waals surface area (Å²) in [5, 5.41) is 12.0. The van der Waals surface area contributed by atoms with Gasteiger partial charge in [-0.05, 0) is 12.1 Å². The van der Waals surface area contributed by atoms with Gasteiger partial charge in [0.05, 0.1) is 12.0 Å². The lowest BCUT2D eigenvalue weighted by atomic mass is 9.91. The second-order valence-corrected chi connectivity index (χ2v) is 6.18. The van der Waals surface area contributed by atoms with Crippen LogP contribution in [0.5, 0.6) is 0 Å². The number of anilines is 1. The van der Waals surface area contributed by atoms with Gasteiger partial charge in [-0.2, -0.15) is 0 Å². The Bertz CT molecular complexity index is 638. The maximum Gasteiger partial charge on any atom is 0.347 e. The minimum Gasteiger partial charge on any atom is -0.477 e. The summed E-state index contributed by atoms with van der Waals surface area (Å²) in [6.45, 7) is 5.60. The van der Waals surface area contributed by atoms with Crippen molar-refractivity contribution < 1.29 is 19.1 Å². The van der Waals surface area contributed by atoms with Gasteiger partial charge in [-0.15, -0.1) is 0 Å². The molecule has 2 heterocycles. The number of aromatic nitrogens is 1. The number of furan rings is 1. The SMILES string of the molecule is CC(C)(C)c1nc(NC(=O)c2ccco2)sc1C(=O)O. The summed E-state index contributed by atoms with van der Waals surface area (Å²) < 4.78 is 4.97. The molecule has 0 saturated carbocycles. The average molecular weight is 294 g/mol. The van der Waals surface area contributed by atoms with Crippen molar-refractivity contribution in [3.8, 4) is 0 Å². The van der Waals surface area contributed by atoms with Crippen molar-refractivity contribution in [2.24, 2.45) is 0 Å². The van der Waals surface area contributed by atoms with Crippen molar-refractivity contribution in [3.63, 3.8) is 0 Å². The molecule has 0 aliphatic rings. The number of aromatic carboxylic acids is 1. The predicted octanol–water partition coefficient (Wildman–Crippen LogP) is 2.98. The number of hydrogen-bond donors (Lipinski definition) is 2. The lowest BCUT2D eigenvalue weighted by molar-refractivity contribution is 0.0699. The molecule has 0 aromatic carbocycles. The third kappa shape index (κ3) is 2.88. The Morgan fingerprint density at radius 2 is 2.10 bits per heavy atom. The molecule has 0 aliphatic heterocycles. The lowest BCUT2D eigenvalue weighted by Crippen LogP contribution is -2.16. The number of rotatable bonds is 3. The van der Waals surface area contributed by atoms with E-state index in [-0.39, 0.29) is 15.8 Å². The lowest BCUT2D eigenvalue weighted by Gasteiger charge is -2.15. The topological polar surface area (TPSA) is 92.4 Å². The smallest absolute Gasteiger partial charge is 0.347 e. The molecule has 2 aromatic heterocycles. The molecule has 2 aromatic rings. The molecule has 0 bridgehead atoms. The molecule has 0 atom stereocenters. The standard InChI is InChI=1S/C13H14N2O4S/c1-13(2,3)9-8(11(17)18)20-12(14-9)15-10(16)7-5-4-6-19-7/h4-6H,1-3H3,(H,17,18)(H,14,15,16). The van der Waals surface area contributed by atoms with Crippen molar-refractivity contribution >= 4 is 28.3 Å². The fraction of sp³-hybridized carbons (Fsp3) is 0.308. The van der Waals surface area contributed by atoms with Crippen LogP contribution in [0.25, 0.3) is 0 Å². The van der Waals surface area contributed by atoms with Crippen LogP contribution in [0, 0.1) is 0 Å². The van der Waals surface area contributed by atoms with Crippen molar-refractivity contribution in [2.75, 3.05) is 5.32 Å². The number of carboxylic acid groups (broad SMARTS) is 1. The first-order valence-electron chi connectivity index (χ1n) is 5.88. The Hall–Kier alpha value is -2.15. The molecule has 2 rings (SSSR count). The fourth-order valence-electron chi connectivity index (χ4n) is 1.59. The monoisotopic (exact) mass is 294 g/mol. The highest BCUT2D eigenvalue weighted by Crippen LogP contribution is 2.32. The zero-order chi connectivity index (χ0) is 14.9. The van der Waals surface area contributed by atoms with Gasteiger partial charge in [0, 0.05) is 5.41 Å². The number of nitrogens with one attached hydrogen (secondary N) is 1. The van der Waals surface area contributed by atoms with Crippen LogP contribution in [0.1, 0.15) is 46.7 Å². The van der Waals surface area contributed by atoms with Crippen molar-refractivity contribution in [2.45, 2.75) is 26.2 Å². The maximum atomic E-state index is 11.8. The third-order valence-corrected chi connectivity index (χ3v) is 3.46. The number of thiazole rings is 1. The molecule has 106 valence electrons. The Kier molecular flexibility index (Phi) is 3.63. The Balaban J connectivity index is 2.30. The highest BCUT2D eigenvalue weighted by atomic mass is 32.1. The van der Waals surface area contributed by atoms with Gasteiger partial charge >= 0.3 is 5.97 Å². The van der Waals surface area contributed by atoms with E-state index >= 15 is 0 Å². The van der Waals surface area contributed by atoms with Crippen LogP contribution >= 0.6 is 11.3 Å². The van der Waals surface area contributed by atoms with E-state index in [1.165, 1.54) is 12.3 Å². The molecule has 0 spiro atoms. The minimum absolute atomic E-state index is 0.132. The fourth-order valence-corrected chi connectivity index (χ4v) is 2.60. The van der Waals surface area contributed by atoms with Gasteiger partial charge in [-0.25, -0.2) is 9.78 Å². The summed E-state index contributed by atoms with van der Waals surface area (Å²) in [6.07, 6.45) is 1.39. The van der Waals surface area contributed by atoms with E-state index in [0.717, 1.165) is 11.3 Å². The maximum absolute atomic E-state index is 11.8. The van der Waals surface area contributed by atoms with Crippen LogP contribution in [0.4, 0.5) is 5.13 Å². The molecule has 0 aliphatic carbocycles. The second-order valence-electron chi connectivity index (χ2n) is 5.18. The average Bonchev–Trinajstić information content (AvgIpc) is 2.96. The number of hydrogen-bond acceptors (Lipinski definition) is 5. The van der Waals surface area contributed by atoms with Crippen molar-refractivity contribution in [3.05, 3.63) is 34.7 Å². The molecule has 2 N–H and O–H groups in total. The molecule has 0 unspecified atom stereocenters. The van der Waals surface area contributed by atoms with E-state index < -0.39 is 17.3 Å². The van der Waals surface area contributed by atoms with E-state index in [1.54, 1.807) is 6.07 Å². The summed E-state index contributed by atoms with van der Waals surface area (Å²) in [7, 11) is 0. The summed E-state index contributed by atoms with van der Waals surface area (Å²) in [6, 6.07) is 3.12. The molecule has 1 amide bonds. The van der Waals surface area contributed by atoms with Crippen LogP contribution < -0.4 is 5.32 Å². The van der Waals surface area contributed by atoms with Crippen LogP contribution in [0.2, 0.25) is 0 Å². The summed E-state index contributed by atoms with van der Waals surface area (Å²) in [5.74, 6) is -1.36. The molecule has 20 heavy (non-hydrogen) atoms. The zero-order valence-corrected chi connectivity index (χ0v) is 12.1.